The van der Waals surface area contributed by atoms with E-state index in [0.717, 1.165) is 11.1 Å². The summed E-state index contributed by atoms with van der Waals surface area (Å²) < 4.78 is 11.4. The van der Waals surface area contributed by atoms with Crippen LogP contribution in [0.3, 0.4) is 0 Å². The largest absolute Gasteiger partial charge is 0.484 e. The van der Waals surface area contributed by atoms with Gasteiger partial charge in [0.15, 0.2) is 12.7 Å². The van der Waals surface area contributed by atoms with Crippen LogP contribution in [0.5, 0.6) is 5.75 Å². The first-order valence-electron chi connectivity index (χ1n) is 11.5. The number of fused-ring (bicyclic) bond motifs is 1. The fourth-order valence-electron chi connectivity index (χ4n) is 4.16. The van der Waals surface area contributed by atoms with E-state index in [1.165, 1.54) is 16.7 Å². The Balaban J connectivity index is 1.24. The van der Waals surface area contributed by atoms with Crippen molar-refractivity contribution in [3.8, 4) is 5.75 Å². The van der Waals surface area contributed by atoms with Crippen molar-refractivity contribution in [2.24, 2.45) is 0 Å². The second-order valence-electron chi connectivity index (χ2n) is 8.28. The Morgan fingerprint density at radius 1 is 0.917 bits per heavy atom. The fraction of sp³-hybridized carbons (Fsp3) is 0.179. The molecule has 1 N–H and O–H groups in total. The summed E-state index contributed by atoms with van der Waals surface area (Å²) in [5, 5.41) is 2.36. The van der Waals surface area contributed by atoms with Crippen molar-refractivity contribution in [1.29, 1.82) is 0 Å². The van der Waals surface area contributed by atoms with Crippen LogP contribution in [-0.4, -0.2) is 46.5 Å². The van der Waals surface area contributed by atoms with Gasteiger partial charge in [0.25, 0.3) is 11.8 Å². The number of β-lactam (4-membered cyclic amide) rings is 1. The summed E-state index contributed by atoms with van der Waals surface area (Å²) in [5.41, 5.74) is 1.86. The second kappa shape index (κ2) is 10.7. The molecule has 182 valence electrons. The first-order chi connectivity index (χ1) is 17.6. The maximum Gasteiger partial charge on any atom is 0.355 e. The zero-order chi connectivity index (χ0) is 24.9. The smallest absolute Gasteiger partial charge is 0.355 e. The normalized spacial score (nSPS) is 18.5. The van der Waals surface area contributed by atoms with E-state index in [9.17, 15) is 14.4 Å². The molecule has 2 aliphatic heterocycles. The molecule has 5 rings (SSSR count). The van der Waals surface area contributed by atoms with Gasteiger partial charge in [-0.3, -0.25) is 14.5 Å². The maximum absolute atomic E-state index is 13.3. The van der Waals surface area contributed by atoms with Crippen LogP contribution in [0.1, 0.15) is 17.2 Å². The van der Waals surface area contributed by atoms with E-state index in [1.54, 1.807) is 18.2 Å². The lowest BCUT2D eigenvalue weighted by Crippen LogP contribution is -2.70. The van der Waals surface area contributed by atoms with Crippen LogP contribution in [0.25, 0.3) is 0 Å². The predicted octanol–water partition coefficient (Wildman–Crippen LogP) is 3.68. The van der Waals surface area contributed by atoms with Crippen LogP contribution in [0.2, 0.25) is 0 Å². The van der Waals surface area contributed by atoms with Gasteiger partial charge in [0.2, 0.25) is 0 Å². The number of para-hydroxylation sites is 1. The van der Waals surface area contributed by atoms with Crippen molar-refractivity contribution >= 4 is 29.5 Å². The predicted molar refractivity (Wildman–Crippen MR) is 136 cm³/mol. The number of hydrogen-bond donors (Lipinski definition) is 1. The summed E-state index contributed by atoms with van der Waals surface area (Å²) in [4.78, 5) is 40.0. The molecule has 0 radical (unpaired) electrons. The van der Waals surface area contributed by atoms with Gasteiger partial charge in [0.1, 0.15) is 22.9 Å². The van der Waals surface area contributed by atoms with Gasteiger partial charge in [-0.25, -0.2) is 4.79 Å². The van der Waals surface area contributed by atoms with Gasteiger partial charge in [-0.2, -0.15) is 0 Å². The molecule has 7 nitrogen and oxygen atoms in total. The van der Waals surface area contributed by atoms with Crippen molar-refractivity contribution in [2.75, 3.05) is 12.4 Å². The van der Waals surface area contributed by atoms with Gasteiger partial charge < -0.3 is 14.8 Å². The van der Waals surface area contributed by atoms with Gasteiger partial charge in [0.05, 0.1) is 0 Å². The number of esters is 1. The SMILES string of the molecule is O=C(COc1ccccc1)NC1C(=O)N2C(C(=O)OC(c3ccccc3)c3ccccc3)=CCS[C@@H]12. The van der Waals surface area contributed by atoms with Crippen molar-refractivity contribution < 1.29 is 23.9 Å². The van der Waals surface area contributed by atoms with Crippen LogP contribution < -0.4 is 10.1 Å². The number of nitrogens with one attached hydrogen (secondary N) is 1. The van der Waals surface area contributed by atoms with Gasteiger partial charge >= 0.3 is 5.97 Å². The monoisotopic (exact) mass is 500 g/mol. The van der Waals surface area contributed by atoms with Crippen molar-refractivity contribution in [2.45, 2.75) is 17.5 Å². The summed E-state index contributed by atoms with van der Waals surface area (Å²) in [6.45, 7) is -0.203. The molecule has 2 heterocycles. The molecule has 0 aliphatic carbocycles. The Hall–Kier alpha value is -4.04. The molecule has 3 aromatic carbocycles. The number of carbonyl (C=O) groups is 3. The minimum atomic E-state index is -0.725. The highest BCUT2D eigenvalue weighted by atomic mass is 32.2. The number of carbonyl (C=O) groups excluding carboxylic acids is 3. The van der Waals surface area contributed by atoms with Crippen LogP contribution in [0.15, 0.2) is 103 Å². The molecule has 3 aromatic rings. The Kier molecular flexibility index (Phi) is 7.04. The third-order valence-corrected chi connectivity index (χ3v) is 7.10. The number of hydrogen-bond acceptors (Lipinski definition) is 6. The fourth-order valence-corrected chi connectivity index (χ4v) is 5.36. The summed E-state index contributed by atoms with van der Waals surface area (Å²) in [6.07, 6.45) is 1.08. The van der Waals surface area contributed by atoms with E-state index in [0.29, 0.717) is 11.5 Å². The zero-order valence-electron chi connectivity index (χ0n) is 19.3. The Morgan fingerprint density at radius 2 is 1.50 bits per heavy atom. The molecule has 1 unspecified atom stereocenters. The number of thioether (sulfide) groups is 1. The molecule has 2 atom stereocenters. The molecule has 0 saturated carbocycles. The number of ether oxygens (including phenoxy) is 2. The van der Waals surface area contributed by atoms with Crippen LogP contribution in [-0.2, 0) is 19.1 Å². The van der Waals surface area contributed by atoms with E-state index < -0.39 is 24.0 Å². The van der Waals surface area contributed by atoms with Gasteiger partial charge in [-0.05, 0) is 29.3 Å². The summed E-state index contributed by atoms with van der Waals surface area (Å²) >= 11 is 1.48. The highest BCUT2D eigenvalue weighted by Gasteiger charge is 2.53. The summed E-state index contributed by atoms with van der Waals surface area (Å²) in [5.74, 6) is -0.236. The van der Waals surface area contributed by atoms with E-state index in [1.807, 2.05) is 78.9 Å². The zero-order valence-corrected chi connectivity index (χ0v) is 20.1. The van der Waals surface area contributed by atoms with Crippen molar-refractivity contribution in [1.82, 2.24) is 10.2 Å². The summed E-state index contributed by atoms with van der Waals surface area (Å²) in [6, 6.07) is 27.2. The third-order valence-electron chi connectivity index (χ3n) is 5.91. The van der Waals surface area contributed by atoms with E-state index in [4.69, 9.17) is 9.47 Å². The average Bonchev–Trinajstić information content (AvgIpc) is 2.94. The molecular formula is C28H24N2O5S. The number of rotatable bonds is 8. The van der Waals surface area contributed by atoms with Crippen LogP contribution >= 0.6 is 11.8 Å². The Morgan fingerprint density at radius 3 is 2.11 bits per heavy atom. The molecule has 8 heteroatoms. The molecule has 2 amide bonds. The summed E-state index contributed by atoms with van der Waals surface area (Å²) in [7, 11) is 0. The lowest BCUT2D eigenvalue weighted by Gasteiger charge is -2.48. The van der Waals surface area contributed by atoms with Gasteiger partial charge in [-0.1, -0.05) is 78.9 Å². The van der Waals surface area contributed by atoms with E-state index >= 15 is 0 Å². The highest BCUT2D eigenvalue weighted by molar-refractivity contribution is 8.00. The minimum absolute atomic E-state index is 0.201. The van der Waals surface area contributed by atoms with Gasteiger partial charge in [0, 0.05) is 5.75 Å². The van der Waals surface area contributed by atoms with E-state index in [2.05, 4.69) is 5.32 Å². The maximum atomic E-state index is 13.3. The first-order valence-corrected chi connectivity index (χ1v) is 12.6. The minimum Gasteiger partial charge on any atom is -0.484 e. The van der Waals surface area contributed by atoms with Crippen LogP contribution in [0.4, 0.5) is 0 Å². The van der Waals surface area contributed by atoms with Gasteiger partial charge in [-0.15, -0.1) is 11.8 Å². The molecule has 0 spiro atoms. The molecule has 0 aromatic heterocycles. The molecule has 36 heavy (non-hydrogen) atoms. The number of benzene rings is 3. The average molecular weight is 501 g/mol. The Bertz CT molecular complexity index is 1230. The lowest BCUT2D eigenvalue weighted by molar-refractivity contribution is -0.154. The second-order valence-corrected chi connectivity index (χ2v) is 9.42. The van der Waals surface area contributed by atoms with Crippen molar-refractivity contribution in [3.63, 3.8) is 0 Å². The topological polar surface area (TPSA) is 84.9 Å². The molecular weight excluding hydrogens is 476 g/mol. The molecule has 1 fully saturated rings. The lowest BCUT2D eigenvalue weighted by atomic mass is 10.0. The molecule has 2 aliphatic rings. The standard InChI is InChI=1S/C28H24N2O5S/c31-23(18-34-21-14-8-3-9-15-21)29-24-26(32)30-22(16-17-36-27(24)30)28(33)35-25(19-10-4-1-5-11-19)20-12-6-2-7-13-20/h1-16,24-25,27H,17-18H2,(H,29,31)/t24?,27-/m0/s1. The first kappa shape index (κ1) is 23.7. The highest BCUT2D eigenvalue weighted by Crippen LogP contribution is 2.39. The van der Waals surface area contributed by atoms with E-state index in [-0.39, 0.29) is 23.6 Å². The van der Waals surface area contributed by atoms with Crippen LogP contribution in [0, 0.1) is 0 Å². The quantitative estimate of drug-likeness (QED) is 0.375. The molecule has 0 bridgehead atoms. The number of amides is 2. The third kappa shape index (κ3) is 4.99. The Labute approximate surface area is 213 Å². The number of nitrogens with zero attached hydrogens (tertiary/aromatic N) is 1. The van der Waals surface area contributed by atoms with Crippen molar-refractivity contribution in [3.05, 3.63) is 114 Å². The molecule has 1 saturated heterocycles.